The summed E-state index contributed by atoms with van der Waals surface area (Å²) in [7, 11) is 0. The fraction of sp³-hybridized carbons (Fsp3) is 0.633. The standard InChI is InChI=1S/C30H42N4O5S2/c1-5-33-27(32-18-20(2)39-21(3)19-32)23(22(4)24(17-31)28(33)37)16-25-29(38)34(30(40)41-25)15-13-11-9-7-6-8-10-12-14-26(35)36/h16,20-21H,5-15,18-19H2,1-4H3,(H,35,36). The van der Waals surface area contributed by atoms with Gasteiger partial charge < -0.3 is 14.7 Å². The minimum Gasteiger partial charge on any atom is -0.481 e. The summed E-state index contributed by atoms with van der Waals surface area (Å²) in [5.74, 6) is -0.158. The number of carboxylic acids is 1. The monoisotopic (exact) mass is 602 g/mol. The molecule has 224 valence electrons. The lowest BCUT2D eigenvalue weighted by Gasteiger charge is -2.39. The molecular formula is C30H42N4O5S2. The minimum absolute atomic E-state index is 0.0295. The van der Waals surface area contributed by atoms with Gasteiger partial charge in [0.05, 0.1) is 17.1 Å². The van der Waals surface area contributed by atoms with Gasteiger partial charge in [0.15, 0.2) is 0 Å². The van der Waals surface area contributed by atoms with Gasteiger partial charge in [0.25, 0.3) is 11.5 Å². The van der Waals surface area contributed by atoms with Gasteiger partial charge in [-0.25, -0.2) is 0 Å². The quantitative estimate of drug-likeness (QED) is 0.168. The number of thioether (sulfide) groups is 1. The third-order valence-electron chi connectivity index (χ3n) is 7.55. The highest BCUT2D eigenvalue weighted by atomic mass is 32.2. The van der Waals surface area contributed by atoms with E-state index >= 15 is 0 Å². The zero-order valence-electron chi connectivity index (χ0n) is 24.6. The molecule has 0 aliphatic carbocycles. The van der Waals surface area contributed by atoms with Crippen LogP contribution >= 0.6 is 24.0 Å². The molecule has 2 atom stereocenters. The van der Waals surface area contributed by atoms with Crippen LogP contribution in [0.1, 0.15) is 95.2 Å². The summed E-state index contributed by atoms with van der Waals surface area (Å²) in [5.41, 5.74) is 1.04. The maximum Gasteiger partial charge on any atom is 0.303 e. The van der Waals surface area contributed by atoms with E-state index < -0.39 is 5.97 Å². The van der Waals surface area contributed by atoms with Crippen LogP contribution in [0, 0.1) is 18.3 Å². The van der Waals surface area contributed by atoms with E-state index in [0.717, 1.165) is 51.4 Å². The van der Waals surface area contributed by atoms with Crippen molar-refractivity contribution >= 4 is 52.1 Å². The SMILES string of the molecule is CCn1c(N2CC(C)OC(C)C2)c(C=C2SC(=S)N(CCCCCCCCCCC(=O)O)C2=O)c(C)c(C#N)c1=O. The maximum atomic E-state index is 13.5. The average Bonchev–Trinajstić information content (AvgIpc) is 3.17. The first kappa shape index (κ1) is 32.8. The third-order valence-corrected chi connectivity index (χ3v) is 8.93. The van der Waals surface area contributed by atoms with E-state index in [1.54, 1.807) is 16.4 Å². The number of amides is 1. The fourth-order valence-electron chi connectivity index (χ4n) is 5.56. The van der Waals surface area contributed by atoms with Gasteiger partial charge in [-0.2, -0.15) is 5.26 Å². The molecule has 1 aromatic heterocycles. The van der Waals surface area contributed by atoms with E-state index in [9.17, 15) is 19.6 Å². The Balaban J connectivity index is 1.73. The Morgan fingerprint density at radius 3 is 2.24 bits per heavy atom. The van der Waals surface area contributed by atoms with Gasteiger partial charge in [-0.05, 0) is 52.2 Å². The molecular weight excluding hydrogens is 560 g/mol. The summed E-state index contributed by atoms with van der Waals surface area (Å²) in [6.07, 6.45) is 9.84. The van der Waals surface area contributed by atoms with Crippen molar-refractivity contribution in [3.8, 4) is 6.07 Å². The zero-order chi connectivity index (χ0) is 30.1. The zero-order valence-corrected chi connectivity index (χ0v) is 26.2. The van der Waals surface area contributed by atoms with Crippen LogP contribution in [-0.4, -0.2) is 62.6 Å². The van der Waals surface area contributed by atoms with Crippen molar-refractivity contribution in [2.45, 2.75) is 104 Å². The molecule has 3 heterocycles. The van der Waals surface area contributed by atoms with Gasteiger partial charge in [0.2, 0.25) is 0 Å². The van der Waals surface area contributed by atoms with Gasteiger partial charge in [0.1, 0.15) is 21.8 Å². The van der Waals surface area contributed by atoms with Crippen LogP contribution in [0.4, 0.5) is 5.82 Å². The smallest absolute Gasteiger partial charge is 0.303 e. The second-order valence-corrected chi connectivity index (χ2v) is 12.5. The molecule has 2 saturated heterocycles. The molecule has 3 rings (SSSR count). The highest BCUT2D eigenvalue weighted by Crippen LogP contribution is 2.36. The summed E-state index contributed by atoms with van der Waals surface area (Å²) < 4.78 is 8.09. The van der Waals surface area contributed by atoms with Crippen molar-refractivity contribution in [3.05, 3.63) is 31.9 Å². The van der Waals surface area contributed by atoms with E-state index in [-0.39, 0.29) is 35.7 Å². The number of carbonyl (C=O) groups is 2. The number of pyridine rings is 1. The Morgan fingerprint density at radius 2 is 1.68 bits per heavy atom. The number of rotatable bonds is 14. The van der Waals surface area contributed by atoms with Crippen LogP contribution in [0.3, 0.4) is 0 Å². The molecule has 2 fully saturated rings. The summed E-state index contributed by atoms with van der Waals surface area (Å²) in [4.78, 5) is 41.6. The molecule has 0 spiro atoms. The number of anilines is 1. The van der Waals surface area contributed by atoms with E-state index in [1.807, 2.05) is 26.8 Å². The van der Waals surface area contributed by atoms with Crippen molar-refractivity contribution in [1.29, 1.82) is 5.26 Å². The Hall–Kier alpha value is -2.68. The number of unbranched alkanes of at least 4 members (excludes halogenated alkanes) is 7. The highest BCUT2D eigenvalue weighted by Gasteiger charge is 2.34. The molecule has 1 N–H and O–H groups in total. The minimum atomic E-state index is -0.732. The van der Waals surface area contributed by atoms with Crippen LogP contribution < -0.4 is 10.5 Å². The molecule has 1 aromatic rings. The predicted octanol–water partition coefficient (Wildman–Crippen LogP) is 5.46. The lowest BCUT2D eigenvalue weighted by atomic mass is 10.0. The number of aromatic nitrogens is 1. The van der Waals surface area contributed by atoms with Gasteiger partial charge in [-0.3, -0.25) is 23.9 Å². The summed E-state index contributed by atoms with van der Waals surface area (Å²) in [6, 6.07) is 2.09. The fourth-order valence-corrected chi connectivity index (χ4v) is 6.85. The number of hydrogen-bond acceptors (Lipinski definition) is 8. The largest absolute Gasteiger partial charge is 0.481 e. The predicted molar refractivity (Wildman–Crippen MR) is 167 cm³/mol. The lowest BCUT2D eigenvalue weighted by Crippen LogP contribution is -2.48. The van der Waals surface area contributed by atoms with Crippen molar-refractivity contribution in [3.63, 3.8) is 0 Å². The Kier molecular flexibility index (Phi) is 12.4. The molecule has 9 nitrogen and oxygen atoms in total. The van der Waals surface area contributed by atoms with Gasteiger partial charge in [-0.1, -0.05) is 62.5 Å². The van der Waals surface area contributed by atoms with E-state index in [0.29, 0.717) is 52.3 Å². The van der Waals surface area contributed by atoms with Crippen molar-refractivity contribution < 1.29 is 19.4 Å². The molecule has 2 unspecified atom stereocenters. The van der Waals surface area contributed by atoms with Crippen LogP contribution in [0.5, 0.6) is 0 Å². The summed E-state index contributed by atoms with van der Waals surface area (Å²) in [5, 5.41) is 18.5. The van der Waals surface area contributed by atoms with E-state index in [4.69, 9.17) is 22.1 Å². The number of aliphatic carboxylic acids is 1. The number of ether oxygens (including phenoxy) is 1. The number of morpholine rings is 1. The molecule has 2 aliphatic heterocycles. The van der Waals surface area contributed by atoms with Gasteiger partial charge in [0, 0.05) is 38.2 Å². The van der Waals surface area contributed by atoms with E-state index in [2.05, 4.69) is 11.0 Å². The Labute approximate surface area is 252 Å². The molecule has 2 aliphatic rings. The lowest BCUT2D eigenvalue weighted by molar-refractivity contribution is -0.137. The van der Waals surface area contributed by atoms with Crippen LogP contribution in [-0.2, 0) is 20.9 Å². The Morgan fingerprint density at radius 1 is 1.10 bits per heavy atom. The average molecular weight is 603 g/mol. The highest BCUT2D eigenvalue weighted by molar-refractivity contribution is 8.26. The first-order valence-electron chi connectivity index (χ1n) is 14.6. The first-order valence-corrected chi connectivity index (χ1v) is 15.9. The van der Waals surface area contributed by atoms with Gasteiger partial charge in [-0.15, -0.1) is 0 Å². The van der Waals surface area contributed by atoms with E-state index in [1.165, 1.54) is 11.8 Å². The second-order valence-electron chi connectivity index (χ2n) is 10.9. The normalized spacial score (nSPS) is 20.2. The molecule has 0 radical (unpaired) electrons. The van der Waals surface area contributed by atoms with Crippen LogP contribution in [0.15, 0.2) is 9.70 Å². The molecule has 0 bridgehead atoms. The van der Waals surface area contributed by atoms with Crippen molar-refractivity contribution in [2.24, 2.45) is 0 Å². The second kappa shape index (κ2) is 15.5. The first-order chi connectivity index (χ1) is 19.6. The molecule has 1 amide bonds. The van der Waals surface area contributed by atoms with Crippen LogP contribution in [0.25, 0.3) is 6.08 Å². The number of hydrogen-bond donors (Lipinski definition) is 1. The Bertz CT molecular complexity index is 1260. The third kappa shape index (κ3) is 8.43. The van der Waals surface area contributed by atoms with Crippen molar-refractivity contribution in [1.82, 2.24) is 9.47 Å². The summed E-state index contributed by atoms with van der Waals surface area (Å²) >= 11 is 6.85. The molecule has 11 heteroatoms. The number of carboxylic acid groups (broad SMARTS) is 1. The topological polar surface area (TPSA) is 116 Å². The molecule has 41 heavy (non-hydrogen) atoms. The van der Waals surface area contributed by atoms with Crippen molar-refractivity contribution in [2.75, 3.05) is 24.5 Å². The molecule has 0 saturated carbocycles. The maximum absolute atomic E-state index is 13.5. The number of carbonyl (C=O) groups excluding carboxylic acids is 1. The number of thiocarbonyl (C=S) groups is 1. The number of nitriles is 1. The summed E-state index contributed by atoms with van der Waals surface area (Å²) in [6.45, 7) is 9.81. The van der Waals surface area contributed by atoms with Crippen LogP contribution in [0.2, 0.25) is 0 Å². The number of nitrogens with zero attached hydrogens (tertiary/aromatic N) is 4. The van der Waals surface area contributed by atoms with Gasteiger partial charge >= 0.3 is 5.97 Å². The molecule has 0 aromatic carbocycles.